The number of hydrogen-bond acceptors (Lipinski definition) is 5. The fourth-order valence-corrected chi connectivity index (χ4v) is 3.75. The standard InChI is InChI=1S/C15H13ClN4O2S/c1-9-18-13(11-3-4-11)7-15(19-9)20-23(21,22)14-5-2-10(8-17)6-12(14)16/h2,5-7,11H,3-4H2,1H3,(H,18,19,20). The predicted octanol–water partition coefficient (Wildman–Crippen LogP) is 2.99. The Kier molecular flexibility index (Phi) is 3.96. The van der Waals surface area contributed by atoms with Crippen LogP contribution in [0, 0.1) is 18.3 Å². The zero-order valence-corrected chi connectivity index (χ0v) is 13.8. The van der Waals surface area contributed by atoms with Gasteiger partial charge in [0.05, 0.1) is 16.7 Å². The number of nitriles is 1. The van der Waals surface area contributed by atoms with Gasteiger partial charge in [0.15, 0.2) is 0 Å². The molecule has 0 unspecified atom stereocenters. The van der Waals surface area contributed by atoms with Crippen molar-refractivity contribution in [1.29, 1.82) is 5.26 Å². The average Bonchev–Trinajstić information content (AvgIpc) is 3.30. The van der Waals surface area contributed by atoms with E-state index in [2.05, 4.69) is 14.7 Å². The molecule has 1 aromatic heterocycles. The van der Waals surface area contributed by atoms with Crippen molar-refractivity contribution in [1.82, 2.24) is 9.97 Å². The molecule has 118 valence electrons. The number of halogens is 1. The molecule has 1 N–H and O–H groups in total. The number of hydrogen-bond donors (Lipinski definition) is 1. The lowest BCUT2D eigenvalue weighted by molar-refractivity contribution is 0.601. The van der Waals surface area contributed by atoms with Crippen molar-refractivity contribution in [3.63, 3.8) is 0 Å². The lowest BCUT2D eigenvalue weighted by Gasteiger charge is -2.10. The third-order valence-electron chi connectivity index (χ3n) is 3.44. The van der Waals surface area contributed by atoms with Crippen molar-refractivity contribution in [2.75, 3.05) is 4.72 Å². The first-order valence-corrected chi connectivity index (χ1v) is 8.83. The van der Waals surface area contributed by atoms with Crippen LogP contribution in [0.5, 0.6) is 0 Å². The Bertz CT molecular complexity index is 918. The van der Waals surface area contributed by atoms with Crippen LogP contribution in [0.2, 0.25) is 5.02 Å². The number of aryl methyl sites for hydroxylation is 1. The molecule has 3 rings (SSSR count). The smallest absolute Gasteiger partial charge is 0.263 e. The number of rotatable bonds is 4. The molecule has 1 aliphatic rings. The summed E-state index contributed by atoms with van der Waals surface area (Å²) >= 11 is 5.98. The van der Waals surface area contributed by atoms with E-state index < -0.39 is 10.0 Å². The number of benzene rings is 1. The van der Waals surface area contributed by atoms with Crippen LogP contribution in [0.25, 0.3) is 0 Å². The Morgan fingerprint density at radius 2 is 2.04 bits per heavy atom. The number of sulfonamides is 1. The van der Waals surface area contributed by atoms with E-state index in [1.807, 2.05) is 6.07 Å². The Morgan fingerprint density at radius 3 is 2.65 bits per heavy atom. The SMILES string of the molecule is Cc1nc(NS(=O)(=O)c2ccc(C#N)cc2Cl)cc(C2CC2)n1. The third kappa shape index (κ3) is 3.44. The molecule has 0 saturated heterocycles. The van der Waals surface area contributed by atoms with Crippen molar-refractivity contribution in [2.45, 2.75) is 30.6 Å². The first kappa shape index (κ1) is 15.7. The second kappa shape index (κ2) is 5.80. The number of nitrogens with one attached hydrogen (secondary N) is 1. The third-order valence-corrected chi connectivity index (χ3v) is 5.28. The molecule has 2 aromatic rings. The van der Waals surface area contributed by atoms with Crippen LogP contribution in [-0.2, 0) is 10.0 Å². The number of nitrogens with zero attached hydrogens (tertiary/aromatic N) is 3. The van der Waals surface area contributed by atoms with E-state index >= 15 is 0 Å². The Balaban J connectivity index is 1.94. The van der Waals surface area contributed by atoms with Gasteiger partial charge in [-0.15, -0.1) is 0 Å². The summed E-state index contributed by atoms with van der Waals surface area (Å²) in [5.41, 5.74) is 1.14. The van der Waals surface area contributed by atoms with E-state index in [4.69, 9.17) is 16.9 Å². The maximum absolute atomic E-state index is 12.5. The molecule has 8 heteroatoms. The van der Waals surface area contributed by atoms with E-state index in [1.54, 1.807) is 13.0 Å². The van der Waals surface area contributed by atoms with Crippen LogP contribution in [-0.4, -0.2) is 18.4 Å². The lowest BCUT2D eigenvalue weighted by Crippen LogP contribution is -2.15. The Morgan fingerprint density at radius 1 is 1.30 bits per heavy atom. The van der Waals surface area contributed by atoms with Gasteiger partial charge in [0.25, 0.3) is 10.0 Å². The van der Waals surface area contributed by atoms with E-state index in [-0.39, 0.29) is 15.7 Å². The molecule has 6 nitrogen and oxygen atoms in total. The fourth-order valence-electron chi connectivity index (χ4n) is 2.21. The highest BCUT2D eigenvalue weighted by atomic mass is 35.5. The Hall–Kier alpha value is -2.17. The Labute approximate surface area is 139 Å². The quantitative estimate of drug-likeness (QED) is 0.916. The molecule has 0 radical (unpaired) electrons. The van der Waals surface area contributed by atoms with Gasteiger partial charge in [-0.3, -0.25) is 4.72 Å². The van der Waals surface area contributed by atoms with Crippen LogP contribution in [0.4, 0.5) is 5.82 Å². The van der Waals surface area contributed by atoms with Crippen LogP contribution in [0.1, 0.15) is 35.8 Å². The van der Waals surface area contributed by atoms with Gasteiger partial charge < -0.3 is 0 Å². The monoisotopic (exact) mass is 348 g/mol. The van der Waals surface area contributed by atoms with Crippen molar-refractivity contribution in [3.8, 4) is 6.07 Å². The van der Waals surface area contributed by atoms with E-state index in [0.29, 0.717) is 17.3 Å². The highest BCUT2D eigenvalue weighted by Gasteiger charge is 2.27. The molecule has 0 aliphatic heterocycles. The summed E-state index contributed by atoms with van der Waals surface area (Å²) in [7, 11) is -3.89. The zero-order valence-electron chi connectivity index (χ0n) is 12.2. The largest absolute Gasteiger partial charge is 0.264 e. The fraction of sp³-hybridized carbons (Fsp3) is 0.267. The second-order valence-electron chi connectivity index (χ2n) is 5.36. The average molecular weight is 349 g/mol. The van der Waals surface area contributed by atoms with E-state index in [1.165, 1.54) is 18.2 Å². The molecule has 23 heavy (non-hydrogen) atoms. The zero-order chi connectivity index (χ0) is 16.6. The first-order valence-electron chi connectivity index (χ1n) is 6.97. The summed E-state index contributed by atoms with van der Waals surface area (Å²) in [5.74, 6) is 1.12. The summed E-state index contributed by atoms with van der Waals surface area (Å²) < 4.78 is 27.4. The van der Waals surface area contributed by atoms with E-state index in [0.717, 1.165) is 18.5 Å². The maximum atomic E-state index is 12.5. The van der Waals surface area contributed by atoms with Gasteiger partial charge in [-0.05, 0) is 38.0 Å². The summed E-state index contributed by atoms with van der Waals surface area (Å²) in [6, 6.07) is 7.59. The molecular formula is C15H13ClN4O2S. The van der Waals surface area contributed by atoms with Gasteiger partial charge in [0.2, 0.25) is 0 Å². The van der Waals surface area contributed by atoms with Gasteiger partial charge >= 0.3 is 0 Å². The van der Waals surface area contributed by atoms with Crippen molar-refractivity contribution >= 4 is 27.4 Å². The van der Waals surface area contributed by atoms with Crippen LogP contribution < -0.4 is 4.72 Å². The van der Waals surface area contributed by atoms with Crippen LogP contribution in [0.3, 0.4) is 0 Å². The maximum Gasteiger partial charge on any atom is 0.264 e. The minimum Gasteiger partial charge on any atom is -0.263 e. The highest BCUT2D eigenvalue weighted by molar-refractivity contribution is 7.92. The highest BCUT2D eigenvalue weighted by Crippen LogP contribution is 2.39. The van der Waals surface area contributed by atoms with Crippen molar-refractivity contribution in [3.05, 3.63) is 46.4 Å². The summed E-state index contributed by atoms with van der Waals surface area (Å²) in [5, 5.41) is 8.81. The predicted molar refractivity (Wildman–Crippen MR) is 85.7 cm³/mol. The molecular weight excluding hydrogens is 336 g/mol. The number of aromatic nitrogens is 2. The van der Waals surface area contributed by atoms with Crippen molar-refractivity contribution in [2.24, 2.45) is 0 Å². The minimum absolute atomic E-state index is 0.00950. The normalized spacial score (nSPS) is 14.3. The number of anilines is 1. The lowest BCUT2D eigenvalue weighted by atomic mass is 10.2. The molecule has 0 amide bonds. The van der Waals surface area contributed by atoms with Gasteiger partial charge in [0.1, 0.15) is 16.5 Å². The molecule has 1 saturated carbocycles. The van der Waals surface area contributed by atoms with Gasteiger partial charge in [-0.1, -0.05) is 11.6 Å². The molecule has 0 atom stereocenters. The molecule has 1 heterocycles. The second-order valence-corrected chi connectivity index (χ2v) is 7.42. The first-order chi connectivity index (χ1) is 10.9. The minimum atomic E-state index is -3.89. The van der Waals surface area contributed by atoms with Gasteiger partial charge in [-0.25, -0.2) is 18.4 Å². The van der Waals surface area contributed by atoms with Crippen LogP contribution in [0.15, 0.2) is 29.2 Å². The van der Waals surface area contributed by atoms with Gasteiger partial charge in [0, 0.05) is 17.7 Å². The molecule has 1 aliphatic carbocycles. The van der Waals surface area contributed by atoms with E-state index in [9.17, 15) is 8.42 Å². The van der Waals surface area contributed by atoms with Crippen molar-refractivity contribution < 1.29 is 8.42 Å². The summed E-state index contributed by atoms with van der Waals surface area (Å²) in [4.78, 5) is 8.36. The molecule has 0 spiro atoms. The molecule has 1 aromatic carbocycles. The molecule has 1 fully saturated rings. The molecule has 0 bridgehead atoms. The van der Waals surface area contributed by atoms with Crippen LogP contribution >= 0.6 is 11.6 Å². The van der Waals surface area contributed by atoms with Gasteiger partial charge in [-0.2, -0.15) is 5.26 Å². The summed E-state index contributed by atoms with van der Waals surface area (Å²) in [6.07, 6.45) is 2.12. The summed E-state index contributed by atoms with van der Waals surface area (Å²) in [6.45, 7) is 1.72. The topological polar surface area (TPSA) is 95.7 Å².